The molecule has 0 radical (unpaired) electrons. The Bertz CT molecular complexity index is 693. The van der Waals surface area contributed by atoms with Gasteiger partial charge < -0.3 is 10.1 Å². The second-order valence-corrected chi connectivity index (χ2v) is 6.68. The summed E-state index contributed by atoms with van der Waals surface area (Å²) in [4.78, 5) is 26.5. The smallest absolute Gasteiger partial charge is 0.223 e. The molecule has 24 heavy (non-hydrogen) atoms. The molecule has 9 heteroatoms. The van der Waals surface area contributed by atoms with E-state index in [-0.39, 0.29) is 12.0 Å². The van der Waals surface area contributed by atoms with E-state index >= 15 is 0 Å². The average Bonchev–Trinajstić information content (AvgIpc) is 2.96. The van der Waals surface area contributed by atoms with Crippen LogP contribution in [-0.4, -0.2) is 51.6 Å². The van der Waals surface area contributed by atoms with E-state index in [4.69, 9.17) is 4.74 Å². The number of hydrogen-bond acceptors (Lipinski definition) is 7. The van der Waals surface area contributed by atoms with E-state index in [1.807, 2.05) is 0 Å². The maximum atomic E-state index is 12.9. The lowest BCUT2D eigenvalue weighted by atomic mass is 10.2. The normalized spacial score (nSPS) is 18.5. The van der Waals surface area contributed by atoms with Crippen molar-refractivity contribution in [2.75, 3.05) is 25.0 Å². The number of morpholine rings is 1. The molecule has 1 aliphatic heterocycles. The zero-order valence-electron chi connectivity index (χ0n) is 13.2. The summed E-state index contributed by atoms with van der Waals surface area (Å²) >= 11 is 1.47. The quantitative estimate of drug-likeness (QED) is 0.879. The van der Waals surface area contributed by atoms with Crippen molar-refractivity contribution in [3.05, 3.63) is 35.1 Å². The van der Waals surface area contributed by atoms with Crippen LogP contribution in [0.25, 0.3) is 0 Å². The Hall–Kier alpha value is -1.97. The Labute approximate surface area is 142 Å². The molecule has 3 heterocycles. The maximum absolute atomic E-state index is 12.9. The van der Waals surface area contributed by atoms with E-state index in [9.17, 15) is 9.18 Å². The number of anilines is 1. The highest BCUT2D eigenvalue weighted by Crippen LogP contribution is 2.21. The van der Waals surface area contributed by atoms with Crippen molar-refractivity contribution in [1.29, 1.82) is 0 Å². The van der Waals surface area contributed by atoms with E-state index < -0.39 is 5.82 Å². The van der Waals surface area contributed by atoms with Crippen molar-refractivity contribution in [3.8, 4) is 0 Å². The lowest BCUT2D eigenvalue weighted by molar-refractivity contribution is -0.114. The molecule has 1 aliphatic rings. The Morgan fingerprint density at radius 2 is 2.21 bits per heavy atom. The summed E-state index contributed by atoms with van der Waals surface area (Å²) in [5.41, 5.74) is 0. The van der Waals surface area contributed by atoms with Crippen LogP contribution in [0, 0.1) is 5.82 Å². The number of amides is 1. The van der Waals surface area contributed by atoms with Gasteiger partial charge in [0.15, 0.2) is 10.9 Å². The van der Waals surface area contributed by atoms with Crippen LogP contribution in [0.5, 0.6) is 0 Å². The van der Waals surface area contributed by atoms with E-state index in [0.717, 1.165) is 24.5 Å². The molecule has 2 aromatic rings. The molecule has 1 saturated heterocycles. The lowest BCUT2D eigenvalue weighted by Gasteiger charge is -2.32. The Morgan fingerprint density at radius 3 is 2.96 bits per heavy atom. The van der Waals surface area contributed by atoms with Crippen molar-refractivity contribution in [2.45, 2.75) is 26.0 Å². The molecule has 2 aromatic heterocycles. The van der Waals surface area contributed by atoms with Crippen molar-refractivity contribution < 1.29 is 13.9 Å². The van der Waals surface area contributed by atoms with Crippen LogP contribution in [0.4, 0.5) is 9.52 Å². The molecule has 1 N–H and O–H groups in total. The van der Waals surface area contributed by atoms with Gasteiger partial charge in [-0.25, -0.2) is 19.3 Å². The van der Waals surface area contributed by atoms with Gasteiger partial charge in [0.25, 0.3) is 0 Å². The predicted molar refractivity (Wildman–Crippen MR) is 87.1 cm³/mol. The zero-order valence-corrected chi connectivity index (χ0v) is 14.1. The minimum atomic E-state index is -0.440. The van der Waals surface area contributed by atoms with E-state index in [1.54, 1.807) is 6.20 Å². The maximum Gasteiger partial charge on any atom is 0.223 e. The topological polar surface area (TPSA) is 80.2 Å². The number of halogens is 1. The molecule has 0 aromatic carbocycles. The van der Waals surface area contributed by atoms with Crippen molar-refractivity contribution in [1.82, 2.24) is 19.9 Å². The molecule has 1 amide bonds. The van der Waals surface area contributed by atoms with Crippen LogP contribution in [0.2, 0.25) is 0 Å². The van der Waals surface area contributed by atoms with Crippen LogP contribution in [0.3, 0.4) is 0 Å². The SMILES string of the molecule is CC(=O)Nc1ncc(CN2CCO[C@@H](Cc3ncc(F)cn3)C2)s1. The molecule has 128 valence electrons. The molecule has 0 spiro atoms. The molecule has 1 fully saturated rings. The van der Waals surface area contributed by atoms with Crippen LogP contribution in [0.15, 0.2) is 18.6 Å². The number of hydrogen-bond donors (Lipinski definition) is 1. The summed E-state index contributed by atoms with van der Waals surface area (Å²) in [6, 6.07) is 0. The number of carbonyl (C=O) groups excluding carboxylic acids is 1. The fraction of sp³-hybridized carbons (Fsp3) is 0.467. The third-order valence-electron chi connectivity index (χ3n) is 3.52. The second-order valence-electron chi connectivity index (χ2n) is 5.56. The third-order valence-corrected chi connectivity index (χ3v) is 4.42. The Balaban J connectivity index is 1.54. The highest BCUT2D eigenvalue weighted by molar-refractivity contribution is 7.15. The first-order valence-electron chi connectivity index (χ1n) is 7.61. The van der Waals surface area contributed by atoms with Gasteiger partial charge in [0.1, 0.15) is 5.82 Å². The molecule has 0 unspecified atom stereocenters. The van der Waals surface area contributed by atoms with Gasteiger partial charge >= 0.3 is 0 Å². The first kappa shape index (κ1) is 16.9. The van der Waals surface area contributed by atoms with Gasteiger partial charge in [-0.15, -0.1) is 11.3 Å². The van der Waals surface area contributed by atoms with Crippen molar-refractivity contribution >= 4 is 22.4 Å². The lowest BCUT2D eigenvalue weighted by Crippen LogP contribution is -2.42. The van der Waals surface area contributed by atoms with Gasteiger partial charge in [-0.05, 0) is 0 Å². The van der Waals surface area contributed by atoms with E-state index in [0.29, 0.717) is 24.0 Å². The summed E-state index contributed by atoms with van der Waals surface area (Å²) in [6.45, 7) is 4.41. The average molecular weight is 351 g/mol. The molecule has 7 nitrogen and oxygen atoms in total. The third kappa shape index (κ3) is 4.76. The number of ether oxygens (including phenoxy) is 1. The number of nitrogens with zero attached hydrogens (tertiary/aromatic N) is 4. The number of aromatic nitrogens is 3. The summed E-state index contributed by atoms with van der Waals surface area (Å²) in [7, 11) is 0. The number of rotatable bonds is 5. The van der Waals surface area contributed by atoms with Gasteiger partial charge in [0, 0.05) is 44.1 Å². The number of carbonyl (C=O) groups is 1. The van der Waals surface area contributed by atoms with Gasteiger partial charge in [-0.2, -0.15) is 0 Å². The highest BCUT2D eigenvalue weighted by Gasteiger charge is 2.22. The van der Waals surface area contributed by atoms with Gasteiger partial charge in [0.05, 0.1) is 25.1 Å². The molecule has 0 bridgehead atoms. The Kier molecular flexibility index (Phi) is 5.44. The van der Waals surface area contributed by atoms with Crippen molar-refractivity contribution in [3.63, 3.8) is 0 Å². The monoisotopic (exact) mass is 351 g/mol. The molecule has 0 aliphatic carbocycles. The van der Waals surface area contributed by atoms with Gasteiger partial charge in [-0.3, -0.25) is 9.69 Å². The summed E-state index contributed by atoms with van der Waals surface area (Å²) < 4.78 is 18.6. The van der Waals surface area contributed by atoms with Gasteiger partial charge in [-0.1, -0.05) is 0 Å². The van der Waals surface area contributed by atoms with E-state index in [1.165, 1.54) is 30.7 Å². The fourth-order valence-electron chi connectivity index (χ4n) is 2.50. The van der Waals surface area contributed by atoms with Gasteiger partial charge in [0.2, 0.25) is 5.91 Å². The molecule has 3 rings (SSSR count). The zero-order chi connectivity index (χ0) is 16.9. The van der Waals surface area contributed by atoms with E-state index in [2.05, 4.69) is 25.2 Å². The summed E-state index contributed by atoms with van der Waals surface area (Å²) in [5, 5.41) is 3.30. The standard InChI is InChI=1S/C15H18FN5O2S/c1-10(22)20-15-19-7-13(24-15)9-21-2-3-23-12(8-21)4-14-17-5-11(16)6-18-14/h5-7,12H,2-4,8-9H2,1H3,(H,19,20,22)/t12-/m0/s1. The fourth-order valence-corrected chi connectivity index (χ4v) is 3.41. The minimum absolute atomic E-state index is 0.0213. The molecule has 0 saturated carbocycles. The number of thiazole rings is 1. The summed E-state index contributed by atoms with van der Waals surface area (Å²) in [6.07, 6.45) is 4.65. The molecular weight excluding hydrogens is 333 g/mol. The second kappa shape index (κ2) is 7.73. The summed E-state index contributed by atoms with van der Waals surface area (Å²) in [5.74, 6) is 0.0146. The Morgan fingerprint density at radius 1 is 1.42 bits per heavy atom. The molecular formula is C15H18FN5O2S. The van der Waals surface area contributed by atoms with Crippen LogP contribution < -0.4 is 5.32 Å². The largest absolute Gasteiger partial charge is 0.375 e. The van der Waals surface area contributed by atoms with Crippen LogP contribution in [-0.2, 0) is 22.5 Å². The number of nitrogens with one attached hydrogen (secondary N) is 1. The van der Waals surface area contributed by atoms with Crippen LogP contribution >= 0.6 is 11.3 Å². The predicted octanol–water partition coefficient (Wildman–Crippen LogP) is 1.47. The molecule has 1 atom stereocenters. The first-order valence-corrected chi connectivity index (χ1v) is 8.43. The minimum Gasteiger partial charge on any atom is -0.375 e. The highest BCUT2D eigenvalue weighted by atomic mass is 32.1. The van der Waals surface area contributed by atoms with Crippen molar-refractivity contribution in [2.24, 2.45) is 0 Å². The van der Waals surface area contributed by atoms with Crippen LogP contribution in [0.1, 0.15) is 17.6 Å². The first-order chi connectivity index (χ1) is 11.6.